The Morgan fingerprint density at radius 1 is 1.37 bits per heavy atom. The van der Waals surface area contributed by atoms with Crippen molar-refractivity contribution in [1.29, 1.82) is 0 Å². The summed E-state index contributed by atoms with van der Waals surface area (Å²) in [7, 11) is 0. The molecule has 0 aromatic rings. The van der Waals surface area contributed by atoms with E-state index in [9.17, 15) is 15.0 Å². The molecule has 1 aliphatic heterocycles. The van der Waals surface area contributed by atoms with Crippen molar-refractivity contribution in [1.82, 2.24) is 5.32 Å². The van der Waals surface area contributed by atoms with Crippen LogP contribution < -0.4 is 5.32 Å². The Labute approximate surface area is 112 Å². The number of rotatable bonds is 6. The first kappa shape index (κ1) is 16.3. The maximum atomic E-state index is 11.1. The van der Waals surface area contributed by atoms with Gasteiger partial charge in [0, 0.05) is 13.5 Å². The van der Waals surface area contributed by atoms with Crippen molar-refractivity contribution in [3.63, 3.8) is 0 Å². The third kappa shape index (κ3) is 4.39. The lowest BCUT2D eigenvalue weighted by Crippen LogP contribution is -2.64. The van der Waals surface area contributed by atoms with E-state index in [-0.39, 0.29) is 5.91 Å². The molecular formula is C12H23NO6. The molecule has 7 nitrogen and oxygen atoms in total. The number of hydrogen-bond acceptors (Lipinski definition) is 6. The fourth-order valence-electron chi connectivity index (χ4n) is 1.96. The van der Waals surface area contributed by atoms with Gasteiger partial charge in [0.25, 0.3) is 0 Å². The van der Waals surface area contributed by atoms with Crippen LogP contribution in [-0.2, 0) is 14.3 Å². The SMILES string of the molecule is CCCCO[C@H]1O[C@@H](CO)[C@@H](O)[C@@H](O)[C@@H]1NC(C)=O. The van der Waals surface area contributed by atoms with Crippen LogP contribution in [0.2, 0.25) is 0 Å². The third-order valence-corrected chi connectivity index (χ3v) is 3.03. The van der Waals surface area contributed by atoms with Gasteiger partial charge in [0.1, 0.15) is 24.4 Å². The van der Waals surface area contributed by atoms with Gasteiger partial charge < -0.3 is 30.1 Å². The van der Waals surface area contributed by atoms with Crippen molar-refractivity contribution < 1.29 is 29.6 Å². The quantitative estimate of drug-likeness (QED) is 0.452. The van der Waals surface area contributed by atoms with Crippen molar-refractivity contribution in [3.05, 3.63) is 0 Å². The Balaban J connectivity index is 2.71. The van der Waals surface area contributed by atoms with Gasteiger partial charge in [-0.1, -0.05) is 13.3 Å². The molecule has 5 atom stereocenters. The molecule has 1 amide bonds. The largest absolute Gasteiger partial charge is 0.394 e. The second-order valence-electron chi connectivity index (χ2n) is 4.66. The number of amides is 1. The number of aliphatic hydroxyl groups excluding tert-OH is 3. The summed E-state index contributed by atoms with van der Waals surface area (Å²) in [5.41, 5.74) is 0. The summed E-state index contributed by atoms with van der Waals surface area (Å²) in [6.07, 6.45) is -2.58. The molecule has 1 heterocycles. The number of carbonyl (C=O) groups excluding carboxylic acids is 1. The summed E-state index contributed by atoms with van der Waals surface area (Å²) in [5, 5.41) is 31.3. The van der Waals surface area contributed by atoms with Crippen LogP contribution in [0.15, 0.2) is 0 Å². The number of aliphatic hydroxyl groups is 3. The van der Waals surface area contributed by atoms with Crippen LogP contribution in [-0.4, -0.2) is 65.1 Å². The van der Waals surface area contributed by atoms with Crippen molar-refractivity contribution in [2.75, 3.05) is 13.2 Å². The molecule has 0 radical (unpaired) electrons. The van der Waals surface area contributed by atoms with Crippen LogP contribution in [0.25, 0.3) is 0 Å². The predicted molar refractivity (Wildman–Crippen MR) is 66.2 cm³/mol. The molecular weight excluding hydrogens is 254 g/mol. The summed E-state index contributed by atoms with van der Waals surface area (Å²) in [6, 6.07) is -0.854. The lowest BCUT2D eigenvalue weighted by atomic mass is 9.97. The van der Waals surface area contributed by atoms with Gasteiger partial charge in [-0.2, -0.15) is 0 Å². The van der Waals surface area contributed by atoms with E-state index in [2.05, 4.69) is 5.32 Å². The third-order valence-electron chi connectivity index (χ3n) is 3.03. The van der Waals surface area contributed by atoms with Crippen LogP contribution in [0, 0.1) is 0 Å². The molecule has 7 heteroatoms. The van der Waals surface area contributed by atoms with Crippen LogP contribution in [0.1, 0.15) is 26.7 Å². The van der Waals surface area contributed by atoms with Gasteiger partial charge in [0.05, 0.1) is 6.61 Å². The smallest absolute Gasteiger partial charge is 0.217 e. The first-order valence-electron chi connectivity index (χ1n) is 6.52. The van der Waals surface area contributed by atoms with Crippen LogP contribution >= 0.6 is 0 Å². The minimum Gasteiger partial charge on any atom is -0.394 e. The highest BCUT2D eigenvalue weighted by atomic mass is 16.7. The Morgan fingerprint density at radius 3 is 2.58 bits per heavy atom. The van der Waals surface area contributed by atoms with Gasteiger partial charge >= 0.3 is 0 Å². The molecule has 0 unspecified atom stereocenters. The minimum absolute atomic E-state index is 0.355. The average Bonchev–Trinajstić information content (AvgIpc) is 2.37. The first-order chi connectivity index (χ1) is 9.01. The zero-order chi connectivity index (χ0) is 14.4. The summed E-state index contributed by atoms with van der Waals surface area (Å²) < 4.78 is 10.8. The highest BCUT2D eigenvalue weighted by molar-refractivity contribution is 5.73. The number of ether oxygens (including phenoxy) is 2. The Kier molecular flexibility index (Phi) is 6.67. The number of nitrogens with one attached hydrogen (secondary N) is 1. The Bertz CT molecular complexity index is 287. The minimum atomic E-state index is -1.27. The Morgan fingerprint density at radius 2 is 2.05 bits per heavy atom. The molecule has 0 bridgehead atoms. The second-order valence-corrected chi connectivity index (χ2v) is 4.66. The summed E-state index contributed by atoms with van der Waals surface area (Å²) in [6.45, 7) is 3.29. The van der Waals surface area contributed by atoms with Gasteiger partial charge in [-0.25, -0.2) is 0 Å². The van der Waals surface area contributed by atoms with E-state index in [1.54, 1.807) is 0 Å². The monoisotopic (exact) mass is 277 g/mol. The zero-order valence-electron chi connectivity index (χ0n) is 11.3. The molecule has 0 aromatic heterocycles. The summed E-state index contributed by atoms with van der Waals surface area (Å²) >= 11 is 0. The van der Waals surface area contributed by atoms with Crippen molar-refractivity contribution in [2.24, 2.45) is 0 Å². The van der Waals surface area contributed by atoms with E-state index < -0.39 is 37.3 Å². The van der Waals surface area contributed by atoms with Gasteiger partial charge in [0.15, 0.2) is 6.29 Å². The Hall–Kier alpha value is -0.730. The summed E-state index contributed by atoms with van der Waals surface area (Å²) in [4.78, 5) is 11.1. The fourth-order valence-corrected chi connectivity index (χ4v) is 1.96. The number of hydrogen-bond donors (Lipinski definition) is 4. The van der Waals surface area contributed by atoms with E-state index in [0.717, 1.165) is 12.8 Å². The van der Waals surface area contributed by atoms with Crippen LogP contribution in [0.5, 0.6) is 0 Å². The first-order valence-corrected chi connectivity index (χ1v) is 6.52. The molecule has 1 rings (SSSR count). The summed E-state index contributed by atoms with van der Waals surface area (Å²) in [5.74, 6) is -0.355. The molecule has 0 aromatic carbocycles. The normalized spacial score (nSPS) is 35.1. The van der Waals surface area contributed by atoms with Crippen LogP contribution in [0.4, 0.5) is 0 Å². The predicted octanol–water partition coefficient (Wildman–Crippen LogP) is -1.25. The maximum Gasteiger partial charge on any atom is 0.217 e. The van der Waals surface area contributed by atoms with Gasteiger partial charge in [-0.15, -0.1) is 0 Å². The molecule has 0 spiro atoms. The molecule has 1 fully saturated rings. The molecule has 19 heavy (non-hydrogen) atoms. The van der Waals surface area contributed by atoms with Gasteiger partial charge in [-0.05, 0) is 6.42 Å². The molecule has 4 N–H and O–H groups in total. The number of carbonyl (C=O) groups is 1. The van der Waals surface area contributed by atoms with Crippen molar-refractivity contribution >= 4 is 5.91 Å². The second kappa shape index (κ2) is 7.76. The standard InChI is InChI=1S/C12H23NO6/c1-3-4-5-18-12-9(13-7(2)15)11(17)10(16)8(6-14)19-12/h8-12,14,16-17H,3-6H2,1-2H3,(H,13,15)/t8-,9-,10+,11-,12-/m0/s1. The van der Waals surface area contributed by atoms with Crippen molar-refractivity contribution in [2.45, 2.75) is 57.3 Å². The molecule has 1 saturated heterocycles. The maximum absolute atomic E-state index is 11.1. The lowest BCUT2D eigenvalue weighted by molar-refractivity contribution is -0.270. The van der Waals surface area contributed by atoms with E-state index >= 15 is 0 Å². The highest BCUT2D eigenvalue weighted by Gasteiger charge is 2.45. The van der Waals surface area contributed by atoms with Gasteiger partial charge in [-0.3, -0.25) is 4.79 Å². The molecule has 112 valence electrons. The lowest BCUT2D eigenvalue weighted by Gasteiger charge is -2.42. The fraction of sp³-hybridized carbons (Fsp3) is 0.917. The van der Waals surface area contributed by atoms with Gasteiger partial charge in [0.2, 0.25) is 5.91 Å². The average molecular weight is 277 g/mol. The molecule has 0 saturated carbocycles. The van der Waals surface area contributed by atoms with E-state index in [0.29, 0.717) is 6.61 Å². The van der Waals surface area contributed by atoms with E-state index in [4.69, 9.17) is 14.6 Å². The van der Waals surface area contributed by atoms with E-state index in [1.165, 1.54) is 6.92 Å². The van der Waals surface area contributed by atoms with E-state index in [1.807, 2.05) is 6.92 Å². The highest BCUT2D eigenvalue weighted by Crippen LogP contribution is 2.22. The topological polar surface area (TPSA) is 108 Å². The van der Waals surface area contributed by atoms with Crippen molar-refractivity contribution in [3.8, 4) is 0 Å². The van der Waals surface area contributed by atoms with Crippen LogP contribution in [0.3, 0.4) is 0 Å². The zero-order valence-corrected chi connectivity index (χ0v) is 11.3. The molecule has 1 aliphatic rings. The number of unbranched alkanes of at least 4 members (excludes halogenated alkanes) is 1. The molecule has 0 aliphatic carbocycles.